The molecule has 2 rings (SSSR count). The zero-order chi connectivity index (χ0) is 14.0. The second kappa shape index (κ2) is 5.78. The van der Waals surface area contributed by atoms with E-state index in [9.17, 15) is 8.42 Å². The lowest BCUT2D eigenvalue weighted by molar-refractivity contribution is 0.539. The van der Waals surface area contributed by atoms with Crippen molar-refractivity contribution in [1.29, 1.82) is 0 Å². The Balaban J connectivity index is 2.11. The van der Waals surface area contributed by atoms with E-state index in [4.69, 9.17) is 23.2 Å². The summed E-state index contributed by atoms with van der Waals surface area (Å²) in [7, 11) is -3.23. The lowest BCUT2D eigenvalue weighted by Crippen LogP contribution is -2.43. The van der Waals surface area contributed by atoms with Crippen molar-refractivity contribution in [2.75, 3.05) is 11.6 Å². The Hall–Kier alpha value is -0.630. The van der Waals surface area contributed by atoms with E-state index in [2.05, 4.69) is 20.0 Å². The summed E-state index contributed by atoms with van der Waals surface area (Å²) in [5.74, 6) is 0.425. The predicted octanol–water partition coefficient (Wildman–Crippen LogP) is 1.67. The molecule has 0 aromatic carbocycles. The van der Waals surface area contributed by atoms with Crippen molar-refractivity contribution in [1.82, 2.24) is 14.7 Å². The average molecular weight is 325 g/mol. The van der Waals surface area contributed by atoms with Gasteiger partial charge >= 0.3 is 0 Å². The fourth-order valence-electron chi connectivity index (χ4n) is 2.17. The van der Waals surface area contributed by atoms with E-state index in [1.807, 2.05) is 0 Å². The smallest absolute Gasteiger partial charge is 0.224 e. The summed E-state index contributed by atoms with van der Waals surface area (Å²) in [5.41, 5.74) is 0. The fraction of sp³-hybridized carbons (Fsp3) is 0.600. The first-order valence-corrected chi connectivity index (χ1v) is 8.42. The van der Waals surface area contributed by atoms with E-state index in [1.54, 1.807) is 0 Å². The van der Waals surface area contributed by atoms with E-state index < -0.39 is 10.0 Å². The molecule has 1 heterocycles. The topological polar surface area (TPSA) is 84.0 Å². The van der Waals surface area contributed by atoms with Crippen LogP contribution in [0, 0.1) is 0 Å². The molecule has 0 bridgehead atoms. The number of hydrogen-bond acceptors (Lipinski definition) is 5. The zero-order valence-corrected chi connectivity index (χ0v) is 12.6. The van der Waals surface area contributed by atoms with Gasteiger partial charge in [-0.3, -0.25) is 0 Å². The molecule has 0 spiro atoms. The van der Waals surface area contributed by atoms with Crippen LogP contribution in [0.2, 0.25) is 10.3 Å². The number of nitrogens with one attached hydrogen (secondary N) is 2. The van der Waals surface area contributed by atoms with Crippen molar-refractivity contribution in [3.63, 3.8) is 0 Å². The number of rotatable bonds is 4. The fourth-order valence-corrected chi connectivity index (χ4v) is 3.28. The highest BCUT2D eigenvalue weighted by molar-refractivity contribution is 7.88. The van der Waals surface area contributed by atoms with Gasteiger partial charge in [-0.2, -0.15) is 4.98 Å². The van der Waals surface area contributed by atoms with Gasteiger partial charge in [-0.25, -0.2) is 18.1 Å². The summed E-state index contributed by atoms with van der Waals surface area (Å²) in [6, 6.07) is -0.224. The summed E-state index contributed by atoms with van der Waals surface area (Å²) in [6.45, 7) is 0. The van der Waals surface area contributed by atoms with Gasteiger partial charge in [0.25, 0.3) is 0 Å². The number of halogens is 2. The molecule has 1 aromatic rings. The number of sulfonamides is 1. The second-order valence-electron chi connectivity index (χ2n) is 4.51. The Bertz CT molecular complexity index is 567. The van der Waals surface area contributed by atoms with Gasteiger partial charge in [0, 0.05) is 12.1 Å². The first-order chi connectivity index (χ1) is 8.85. The number of anilines is 1. The van der Waals surface area contributed by atoms with Gasteiger partial charge < -0.3 is 5.32 Å². The first kappa shape index (κ1) is 14.8. The van der Waals surface area contributed by atoms with Crippen LogP contribution >= 0.6 is 23.2 Å². The molecule has 0 amide bonds. The maximum atomic E-state index is 11.3. The summed E-state index contributed by atoms with van der Waals surface area (Å²) < 4.78 is 25.2. The molecule has 0 saturated heterocycles. The second-order valence-corrected chi connectivity index (χ2v) is 7.04. The maximum absolute atomic E-state index is 11.3. The normalized spacial score (nSPS) is 23.5. The van der Waals surface area contributed by atoms with E-state index in [-0.39, 0.29) is 17.4 Å². The molecular weight excluding hydrogens is 311 g/mol. The highest BCUT2D eigenvalue weighted by Gasteiger charge is 2.30. The van der Waals surface area contributed by atoms with Crippen molar-refractivity contribution < 1.29 is 8.42 Å². The molecule has 9 heteroatoms. The average Bonchev–Trinajstić information content (AvgIpc) is 2.69. The standard InChI is InChI=1S/C10H14Cl2N4O2S/c1-19(17,18)16-8-4-2-3-7(8)14-9-6(11)5-13-10(12)15-9/h5,7-8,16H,2-4H2,1H3,(H,13,14,15)/t7-,8-/m0/s1. The number of hydrogen-bond donors (Lipinski definition) is 2. The molecule has 1 aliphatic carbocycles. The molecule has 1 fully saturated rings. The minimum absolute atomic E-state index is 0.0572. The highest BCUT2D eigenvalue weighted by Crippen LogP contribution is 2.26. The van der Waals surface area contributed by atoms with Gasteiger partial charge in [-0.15, -0.1) is 0 Å². The van der Waals surface area contributed by atoms with Crippen LogP contribution in [0.5, 0.6) is 0 Å². The van der Waals surface area contributed by atoms with Crippen molar-refractivity contribution in [2.24, 2.45) is 0 Å². The Morgan fingerprint density at radius 3 is 2.68 bits per heavy atom. The van der Waals surface area contributed by atoms with Gasteiger partial charge in [0.05, 0.1) is 12.5 Å². The molecule has 6 nitrogen and oxygen atoms in total. The van der Waals surface area contributed by atoms with Crippen LogP contribution in [0.15, 0.2) is 6.20 Å². The predicted molar refractivity (Wildman–Crippen MR) is 75.1 cm³/mol. The number of nitrogens with zero attached hydrogens (tertiary/aromatic N) is 2. The first-order valence-electron chi connectivity index (χ1n) is 5.77. The summed E-state index contributed by atoms with van der Waals surface area (Å²) in [6.07, 6.45) is 5.11. The Morgan fingerprint density at radius 2 is 2.00 bits per heavy atom. The van der Waals surface area contributed by atoms with E-state index in [0.717, 1.165) is 25.5 Å². The van der Waals surface area contributed by atoms with Crippen LogP contribution in [0.25, 0.3) is 0 Å². The molecule has 2 N–H and O–H groups in total. The van der Waals surface area contributed by atoms with Gasteiger partial charge in [-0.05, 0) is 30.9 Å². The summed E-state index contributed by atoms with van der Waals surface area (Å²) >= 11 is 11.7. The number of aromatic nitrogens is 2. The summed E-state index contributed by atoms with van der Waals surface area (Å²) in [5, 5.41) is 3.58. The molecule has 0 aliphatic heterocycles. The molecule has 1 aliphatic rings. The monoisotopic (exact) mass is 324 g/mol. The lowest BCUT2D eigenvalue weighted by atomic mass is 10.2. The highest BCUT2D eigenvalue weighted by atomic mass is 35.5. The van der Waals surface area contributed by atoms with Crippen molar-refractivity contribution in [3.05, 3.63) is 16.5 Å². The Kier molecular flexibility index (Phi) is 4.50. The van der Waals surface area contributed by atoms with Gasteiger partial charge in [0.2, 0.25) is 15.3 Å². The molecule has 1 aromatic heterocycles. The largest absolute Gasteiger partial charge is 0.364 e. The zero-order valence-electron chi connectivity index (χ0n) is 10.2. The van der Waals surface area contributed by atoms with Gasteiger partial charge in [-0.1, -0.05) is 11.6 Å². The van der Waals surface area contributed by atoms with Gasteiger partial charge in [0.1, 0.15) is 10.8 Å². The minimum Gasteiger partial charge on any atom is -0.364 e. The van der Waals surface area contributed by atoms with Crippen LogP contribution in [0.3, 0.4) is 0 Å². The van der Waals surface area contributed by atoms with Crippen LogP contribution in [0.4, 0.5) is 5.82 Å². The van der Waals surface area contributed by atoms with Crippen molar-refractivity contribution >= 4 is 39.0 Å². The van der Waals surface area contributed by atoms with Crippen LogP contribution in [-0.4, -0.2) is 36.7 Å². The van der Waals surface area contributed by atoms with Crippen molar-refractivity contribution in [3.8, 4) is 0 Å². The third-order valence-corrected chi connectivity index (χ3v) is 4.11. The Morgan fingerprint density at radius 1 is 1.32 bits per heavy atom. The van der Waals surface area contributed by atoms with E-state index in [0.29, 0.717) is 10.8 Å². The Labute approximate surface area is 122 Å². The molecule has 0 unspecified atom stereocenters. The maximum Gasteiger partial charge on any atom is 0.224 e. The third kappa shape index (κ3) is 4.17. The van der Waals surface area contributed by atoms with Crippen molar-refractivity contribution in [2.45, 2.75) is 31.3 Å². The van der Waals surface area contributed by atoms with Crippen LogP contribution in [-0.2, 0) is 10.0 Å². The summed E-state index contributed by atoms with van der Waals surface area (Å²) in [4.78, 5) is 7.76. The van der Waals surface area contributed by atoms with E-state index in [1.165, 1.54) is 6.20 Å². The molecule has 19 heavy (non-hydrogen) atoms. The van der Waals surface area contributed by atoms with Crippen LogP contribution < -0.4 is 10.0 Å². The molecule has 106 valence electrons. The molecule has 2 atom stereocenters. The molecular formula is C10H14Cl2N4O2S. The third-order valence-electron chi connectivity index (χ3n) is 2.92. The minimum atomic E-state index is -3.23. The lowest BCUT2D eigenvalue weighted by Gasteiger charge is -2.22. The van der Waals surface area contributed by atoms with E-state index >= 15 is 0 Å². The molecule has 1 saturated carbocycles. The quantitative estimate of drug-likeness (QED) is 0.823. The molecule has 0 radical (unpaired) electrons. The van der Waals surface area contributed by atoms with Crippen LogP contribution in [0.1, 0.15) is 19.3 Å². The van der Waals surface area contributed by atoms with Gasteiger partial charge in [0.15, 0.2) is 0 Å². The SMILES string of the molecule is CS(=O)(=O)N[C@H]1CCC[C@@H]1Nc1nc(Cl)ncc1Cl.